The van der Waals surface area contributed by atoms with Gasteiger partial charge in [-0.3, -0.25) is 0 Å². The van der Waals surface area contributed by atoms with Crippen LogP contribution in [0.2, 0.25) is 0 Å². The zero-order valence-electron chi connectivity index (χ0n) is 9.28. The van der Waals surface area contributed by atoms with Crippen molar-refractivity contribution in [3.63, 3.8) is 0 Å². The van der Waals surface area contributed by atoms with E-state index in [4.69, 9.17) is 4.74 Å². The summed E-state index contributed by atoms with van der Waals surface area (Å²) in [4.78, 5) is 11.3. The molecular weight excluding hydrogens is 204 g/mol. The molecule has 2 N–H and O–H groups in total. The van der Waals surface area contributed by atoms with Crippen molar-refractivity contribution in [3.05, 3.63) is 41.6 Å². The van der Waals surface area contributed by atoms with Gasteiger partial charge in [-0.1, -0.05) is 12.1 Å². The van der Waals surface area contributed by atoms with Gasteiger partial charge in [0.15, 0.2) is 0 Å². The third-order valence-corrected chi connectivity index (χ3v) is 2.49. The molecule has 1 aromatic carbocycles. The Morgan fingerprint density at radius 2 is 1.94 bits per heavy atom. The van der Waals surface area contributed by atoms with Crippen LogP contribution in [0.4, 0.5) is 4.79 Å². The number of carbonyl (C=O) groups is 1. The monoisotopic (exact) mass is 218 g/mol. The van der Waals surface area contributed by atoms with E-state index >= 15 is 0 Å². The maximum Gasteiger partial charge on any atom is 0.319 e. The lowest BCUT2D eigenvalue weighted by molar-refractivity contribution is 0.239. The summed E-state index contributed by atoms with van der Waals surface area (Å²) in [6.07, 6.45) is 1.98. The van der Waals surface area contributed by atoms with Crippen LogP contribution in [0.1, 0.15) is 18.5 Å². The number of ether oxygens (including phenoxy) is 1. The second-order valence-electron chi connectivity index (χ2n) is 3.70. The summed E-state index contributed by atoms with van der Waals surface area (Å²) < 4.78 is 5.08. The van der Waals surface area contributed by atoms with Gasteiger partial charge in [0.25, 0.3) is 0 Å². The molecule has 4 heteroatoms. The number of hydrogen-bond acceptors (Lipinski definition) is 2. The predicted octanol–water partition coefficient (Wildman–Crippen LogP) is 1.95. The van der Waals surface area contributed by atoms with E-state index in [-0.39, 0.29) is 12.1 Å². The zero-order valence-corrected chi connectivity index (χ0v) is 9.28. The standard InChI is InChI=1S/C12H14N2O2/c1-8-7-11(14-12(15)13-8)9-3-5-10(16-2)6-4-9/h3-7,11H,1-2H3,(H2,13,14,15)/t11-/m0/s1. The van der Waals surface area contributed by atoms with Crippen LogP contribution in [-0.2, 0) is 0 Å². The molecule has 4 nitrogen and oxygen atoms in total. The molecule has 1 aliphatic rings. The molecule has 0 fully saturated rings. The highest BCUT2D eigenvalue weighted by Gasteiger charge is 2.17. The molecule has 16 heavy (non-hydrogen) atoms. The molecule has 0 aromatic heterocycles. The first-order valence-corrected chi connectivity index (χ1v) is 5.09. The molecule has 0 aliphatic carbocycles. The molecule has 2 amide bonds. The highest BCUT2D eigenvalue weighted by atomic mass is 16.5. The van der Waals surface area contributed by atoms with E-state index in [1.165, 1.54) is 0 Å². The van der Waals surface area contributed by atoms with Gasteiger partial charge in [0.1, 0.15) is 5.75 Å². The molecule has 1 heterocycles. The Morgan fingerprint density at radius 3 is 2.50 bits per heavy atom. The molecular formula is C12H14N2O2. The number of hydrogen-bond donors (Lipinski definition) is 2. The summed E-state index contributed by atoms with van der Waals surface area (Å²) in [7, 11) is 1.63. The Kier molecular flexibility index (Phi) is 2.81. The van der Waals surface area contributed by atoms with Crippen molar-refractivity contribution in [2.24, 2.45) is 0 Å². The largest absolute Gasteiger partial charge is 0.497 e. The minimum Gasteiger partial charge on any atom is -0.497 e. The Morgan fingerprint density at radius 1 is 1.25 bits per heavy atom. The molecule has 0 radical (unpaired) electrons. The lowest BCUT2D eigenvalue weighted by Crippen LogP contribution is -2.40. The molecule has 1 atom stereocenters. The van der Waals surface area contributed by atoms with Gasteiger partial charge < -0.3 is 15.4 Å². The Bertz CT molecular complexity index is 423. The van der Waals surface area contributed by atoms with E-state index in [1.54, 1.807) is 7.11 Å². The molecule has 1 aliphatic heterocycles. The first-order chi connectivity index (χ1) is 7.69. The van der Waals surface area contributed by atoms with Crippen LogP contribution < -0.4 is 15.4 Å². The molecule has 1 aromatic rings. The third-order valence-electron chi connectivity index (χ3n) is 2.49. The second-order valence-corrected chi connectivity index (χ2v) is 3.70. The molecule has 2 rings (SSSR count). The molecule has 84 valence electrons. The number of urea groups is 1. The normalized spacial score (nSPS) is 19.5. The van der Waals surface area contributed by atoms with E-state index in [1.807, 2.05) is 37.3 Å². The lowest BCUT2D eigenvalue weighted by atomic mass is 10.0. The van der Waals surface area contributed by atoms with Gasteiger partial charge in [0.2, 0.25) is 0 Å². The highest BCUT2D eigenvalue weighted by molar-refractivity contribution is 5.78. The molecule has 0 saturated heterocycles. The molecule has 0 bridgehead atoms. The van der Waals surface area contributed by atoms with Gasteiger partial charge >= 0.3 is 6.03 Å². The topological polar surface area (TPSA) is 50.4 Å². The number of carbonyl (C=O) groups excluding carboxylic acids is 1. The number of nitrogens with one attached hydrogen (secondary N) is 2. The number of methoxy groups -OCH3 is 1. The maximum absolute atomic E-state index is 11.3. The van der Waals surface area contributed by atoms with Gasteiger partial charge in [-0.05, 0) is 30.7 Å². The Balaban J connectivity index is 2.23. The van der Waals surface area contributed by atoms with Crippen LogP contribution in [0.25, 0.3) is 0 Å². The fourth-order valence-corrected chi connectivity index (χ4v) is 1.68. The number of amides is 2. The van der Waals surface area contributed by atoms with E-state index in [0.29, 0.717) is 0 Å². The van der Waals surface area contributed by atoms with Crippen molar-refractivity contribution < 1.29 is 9.53 Å². The maximum atomic E-state index is 11.3. The van der Waals surface area contributed by atoms with Crippen molar-refractivity contribution in [1.82, 2.24) is 10.6 Å². The van der Waals surface area contributed by atoms with Crippen LogP contribution in [-0.4, -0.2) is 13.1 Å². The summed E-state index contributed by atoms with van der Waals surface area (Å²) in [5, 5.41) is 5.52. The van der Waals surface area contributed by atoms with Crippen LogP contribution in [0.15, 0.2) is 36.0 Å². The van der Waals surface area contributed by atoms with Gasteiger partial charge in [-0.25, -0.2) is 4.79 Å². The number of allylic oxidation sites excluding steroid dienone is 1. The molecule has 0 unspecified atom stereocenters. The fourth-order valence-electron chi connectivity index (χ4n) is 1.68. The summed E-state index contributed by atoms with van der Waals surface area (Å²) in [6.45, 7) is 1.87. The van der Waals surface area contributed by atoms with Crippen LogP contribution in [0.3, 0.4) is 0 Å². The van der Waals surface area contributed by atoms with Gasteiger partial charge in [0, 0.05) is 5.70 Å². The third kappa shape index (κ3) is 2.16. The predicted molar refractivity (Wildman–Crippen MR) is 61.2 cm³/mol. The minimum absolute atomic E-state index is 0.0698. The van der Waals surface area contributed by atoms with E-state index in [2.05, 4.69) is 10.6 Å². The SMILES string of the molecule is COc1ccc([C@@H]2C=C(C)NC(=O)N2)cc1. The van der Waals surface area contributed by atoms with Crippen molar-refractivity contribution in [2.45, 2.75) is 13.0 Å². The average molecular weight is 218 g/mol. The van der Waals surface area contributed by atoms with E-state index in [0.717, 1.165) is 17.0 Å². The van der Waals surface area contributed by atoms with Gasteiger partial charge in [-0.15, -0.1) is 0 Å². The fraction of sp³-hybridized carbons (Fsp3) is 0.250. The van der Waals surface area contributed by atoms with E-state index in [9.17, 15) is 4.79 Å². The number of benzene rings is 1. The summed E-state index contributed by atoms with van der Waals surface area (Å²) in [5.41, 5.74) is 1.90. The van der Waals surface area contributed by atoms with Crippen molar-refractivity contribution >= 4 is 6.03 Å². The second kappa shape index (κ2) is 4.26. The summed E-state index contributed by atoms with van der Waals surface area (Å²) in [6, 6.07) is 7.41. The molecule has 0 spiro atoms. The zero-order chi connectivity index (χ0) is 11.5. The van der Waals surface area contributed by atoms with Crippen molar-refractivity contribution in [1.29, 1.82) is 0 Å². The van der Waals surface area contributed by atoms with Crippen LogP contribution >= 0.6 is 0 Å². The summed E-state index contributed by atoms with van der Waals surface area (Å²) in [5.74, 6) is 0.810. The molecule has 0 saturated carbocycles. The van der Waals surface area contributed by atoms with Crippen LogP contribution in [0.5, 0.6) is 5.75 Å². The van der Waals surface area contributed by atoms with E-state index < -0.39 is 0 Å². The van der Waals surface area contributed by atoms with Crippen molar-refractivity contribution in [2.75, 3.05) is 7.11 Å². The van der Waals surface area contributed by atoms with Crippen LogP contribution in [0, 0.1) is 0 Å². The first kappa shape index (κ1) is 10.5. The van der Waals surface area contributed by atoms with Crippen molar-refractivity contribution in [3.8, 4) is 5.75 Å². The quantitative estimate of drug-likeness (QED) is 0.797. The Hall–Kier alpha value is -1.97. The van der Waals surface area contributed by atoms with Gasteiger partial charge in [0.05, 0.1) is 13.2 Å². The summed E-state index contributed by atoms with van der Waals surface area (Å²) >= 11 is 0. The van der Waals surface area contributed by atoms with Gasteiger partial charge in [-0.2, -0.15) is 0 Å². The highest BCUT2D eigenvalue weighted by Crippen LogP contribution is 2.20. The Labute approximate surface area is 94.3 Å². The minimum atomic E-state index is -0.166. The first-order valence-electron chi connectivity index (χ1n) is 5.09. The number of rotatable bonds is 2. The smallest absolute Gasteiger partial charge is 0.319 e. The lowest BCUT2D eigenvalue weighted by Gasteiger charge is -2.22. The average Bonchev–Trinajstić information content (AvgIpc) is 2.28.